The molecule has 1 aromatic rings. The fraction of sp³-hybridized carbons (Fsp3) is 0.500. The summed E-state index contributed by atoms with van der Waals surface area (Å²) in [6, 6.07) is 7.82. The summed E-state index contributed by atoms with van der Waals surface area (Å²) < 4.78 is 0. The average Bonchev–Trinajstić information content (AvgIpc) is 2.30. The number of hydrogen-bond donors (Lipinski definition) is 1. The Morgan fingerprint density at radius 1 is 1.35 bits per heavy atom. The maximum Gasteiger partial charge on any atom is 0.310 e. The third-order valence-electron chi connectivity index (χ3n) is 2.76. The van der Waals surface area contributed by atoms with Gasteiger partial charge in [-0.25, -0.2) is 0 Å². The van der Waals surface area contributed by atoms with Crippen LogP contribution in [-0.4, -0.2) is 22.6 Å². The lowest BCUT2D eigenvalue weighted by molar-refractivity contribution is -0.139. The summed E-state index contributed by atoms with van der Waals surface area (Å²) in [6.45, 7) is 4.14. The molecule has 1 rings (SSSR count). The molecule has 94 valence electrons. The first-order chi connectivity index (χ1) is 8.15. The van der Waals surface area contributed by atoms with E-state index in [9.17, 15) is 9.90 Å². The molecule has 0 fully saturated rings. The molecule has 0 saturated carbocycles. The molecule has 0 amide bonds. The Kier molecular flexibility index (Phi) is 6.12. The van der Waals surface area contributed by atoms with Crippen molar-refractivity contribution in [1.82, 2.24) is 0 Å². The largest absolute Gasteiger partial charge is 0.481 e. The van der Waals surface area contributed by atoms with Crippen LogP contribution in [0.1, 0.15) is 36.8 Å². The number of thioether (sulfide) groups is 1. The van der Waals surface area contributed by atoms with E-state index >= 15 is 0 Å². The molecule has 0 radical (unpaired) electrons. The van der Waals surface area contributed by atoms with E-state index in [2.05, 4.69) is 6.92 Å². The van der Waals surface area contributed by atoms with Crippen molar-refractivity contribution in [2.24, 2.45) is 0 Å². The predicted molar refractivity (Wildman–Crippen MR) is 73.8 cm³/mol. The van der Waals surface area contributed by atoms with Crippen LogP contribution in [0.5, 0.6) is 0 Å². The van der Waals surface area contributed by atoms with Crippen LogP contribution in [0.2, 0.25) is 0 Å². The summed E-state index contributed by atoms with van der Waals surface area (Å²) in [7, 11) is 0. The second kappa shape index (κ2) is 7.38. The molecular weight excluding hydrogens is 232 g/mol. The van der Waals surface area contributed by atoms with Crippen molar-refractivity contribution in [2.75, 3.05) is 11.5 Å². The summed E-state index contributed by atoms with van der Waals surface area (Å²) in [6.07, 6.45) is 1.69. The van der Waals surface area contributed by atoms with Gasteiger partial charge in [-0.05, 0) is 36.8 Å². The molecule has 0 aliphatic rings. The van der Waals surface area contributed by atoms with Crippen LogP contribution >= 0.6 is 11.8 Å². The average molecular weight is 252 g/mol. The van der Waals surface area contributed by atoms with Crippen LogP contribution in [0.3, 0.4) is 0 Å². The van der Waals surface area contributed by atoms with Crippen molar-refractivity contribution in [3.63, 3.8) is 0 Å². The van der Waals surface area contributed by atoms with Gasteiger partial charge in [0.2, 0.25) is 0 Å². The second-order valence-corrected chi connectivity index (χ2v) is 5.53. The Hall–Kier alpha value is -0.960. The SMILES string of the molecule is CCSCCCC(C(=O)O)c1ccc(C)cc1. The molecular formula is C14H20O2S. The first-order valence-corrected chi connectivity index (χ1v) is 7.17. The molecule has 1 aromatic carbocycles. The number of aryl methyl sites for hydroxylation is 1. The molecule has 2 nitrogen and oxygen atoms in total. The number of hydrogen-bond acceptors (Lipinski definition) is 2. The zero-order valence-electron chi connectivity index (χ0n) is 10.5. The minimum atomic E-state index is -0.713. The molecule has 0 aromatic heterocycles. The van der Waals surface area contributed by atoms with Gasteiger partial charge in [-0.1, -0.05) is 36.8 Å². The number of carboxylic acid groups (broad SMARTS) is 1. The van der Waals surface area contributed by atoms with Crippen molar-refractivity contribution in [3.05, 3.63) is 35.4 Å². The van der Waals surface area contributed by atoms with E-state index in [4.69, 9.17) is 0 Å². The zero-order valence-corrected chi connectivity index (χ0v) is 11.3. The van der Waals surface area contributed by atoms with E-state index in [1.807, 2.05) is 43.0 Å². The fourth-order valence-corrected chi connectivity index (χ4v) is 2.42. The topological polar surface area (TPSA) is 37.3 Å². The summed E-state index contributed by atoms with van der Waals surface area (Å²) in [4.78, 5) is 11.2. The molecule has 17 heavy (non-hydrogen) atoms. The summed E-state index contributed by atoms with van der Waals surface area (Å²) in [5.74, 6) is 1.08. The first-order valence-electron chi connectivity index (χ1n) is 6.02. The zero-order chi connectivity index (χ0) is 12.7. The van der Waals surface area contributed by atoms with Gasteiger partial charge in [0, 0.05) is 0 Å². The Balaban J connectivity index is 2.59. The van der Waals surface area contributed by atoms with Gasteiger partial charge in [0.25, 0.3) is 0 Å². The lowest BCUT2D eigenvalue weighted by Gasteiger charge is -2.12. The van der Waals surface area contributed by atoms with Crippen LogP contribution in [0.4, 0.5) is 0 Å². The molecule has 1 N–H and O–H groups in total. The quantitative estimate of drug-likeness (QED) is 0.752. The van der Waals surface area contributed by atoms with Crippen molar-refractivity contribution < 1.29 is 9.90 Å². The summed E-state index contributed by atoms with van der Waals surface area (Å²) >= 11 is 1.87. The van der Waals surface area contributed by atoms with Crippen LogP contribution in [-0.2, 0) is 4.79 Å². The Bertz CT molecular complexity index is 346. The third-order valence-corrected chi connectivity index (χ3v) is 3.75. The lowest BCUT2D eigenvalue weighted by Crippen LogP contribution is -2.12. The number of aliphatic carboxylic acids is 1. The van der Waals surface area contributed by atoms with Crippen LogP contribution in [0.15, 0.2) is 24.3 Å². The van der Waals surface area contributed by atoms with E-state index in [1.54, 1.807) is 0 Å². The number of carbonyl (C=O) groups is 1. The van der Waals surface area contributed by atoms with E-state index < -0.39 is 5.97 Å². The molecule has 0 bridgehead atoms. The van der Waals surface area contributed by atoms with E-state index in [0.717, 1.165) is 29.9 Å². The van der Waals surface area contributed by atoms with Crippen molar-refractivity contribution >= 4 is 17.7 Å². The first kappa shape index (κ1) is 14.1. The third kappa shape index (κ3) is 4.82. The monoisotopic (exact) mass is 252 g/mol. The van der Waals surface area contributed by atoms with Crippen molar-refractivity contribution in [3.8, 4) is 0 Å². The molecule has 0 saturated heterocycles. The second-order valence-electron chi connectivity index (χ2n) is 4.14. The highest BCUT2D eigenvalue weighted by molar-refractivity contribution is 7.99. The van der Waals surface area contributed by atoms with Crippen LogP contribution in [0.25, 0.3) is 0 Å². The Morgan fingerprint density at radius 2 is 2.00 bits per heavy atom. The minimum Gasteiger partial charge on any atom is -0.481 e. The molecule has 0 heterocycles. The lowest BCUT2D eigenvalue weighted by atomic mass is 9.94. The number of carboxylic acids is 1. The molecule has 1 unspecified atom stereocenters. The van der Waals surface area contributed by atoms with Gasteiger partial charge in [0.15, 0.2) is 0 Å². The van der Waals surface area contributed by atoms with Gasteiger partial charge in [-0.3, -0.25) is 4.79 Å². The number of rotatable bonds is 7. The number of benzene rings is 1. The fourth-order valence-electron chi connectivity index (χ4n) is 1.77. The van der Waals surface area contributed by atoms with Gasteiger partial charge in [0.1, 0.15) is 0 Å². The van der Waals surface area contributed by atoms with Gasteiger partial charge in [0.05, 0.1) is 5.92 Å². The molecule has 0 spiro atoms. The van der Waals surface area contributed by atoms with Crippen molar-refractivity contribution in [2.45, 2.75) is 32.6 Å². The standard InChI is InChI=1S/C14H20O2S/c1-3-17-10-4-5-13(14(15)16)12-8-6-11(2)7-9-12/h6-9,13H,3-5,10H2,1-2H3,(H,15,16). The molecule has 0 aliphatic carbocycles. The Morgan fingerprint density at radius 3 is 2.53 bits per heavy atom. The Labute approximate surface area is 107 Å². The maximum atomic E-state index is 11.2. The van der Waals surface area contributed by atoms with Crippen LogP contribution in [0, 0.1) is 6.92 Å². The summed E-state index contributed by atoms with van der Waals surface area (Å²) in [5, 5.41) is 9.25. The predicted octanol–water partition coefficient (Wildman–Crippen LogP) is 3.70. The van der Waals surface area contributed by atoms with Gasteiger partial charge in [-0.2, -0.15) is 11.8 Å². The summed E-state index contributed by atoms with van der Waals surface area (Å²) in [5.41, 5.74) is 2.09. The van der Waals surface area contributed by atoms with Crippen LogP contribution < -0.4 is 0 Å². The van der Waals surface area contributed by atoms with Gasteiger partial charge in [-0.15, -0.1) is 0 Å². The van der Waals surface area contributed by atoms with Gasteiger partial charge >= 0.3 is 5.97 Å². The minimum absolute atomic E-state index is 0.354. The maximum absolute atomic E-state index is 11.2. The normalized spacial score (nSPS) is 12.4. The highest BCUT2D eigenvalue weighted by Gasteiger charge is 2.18. The van der Waals surface area contributed by atoms with Gasteiger partial charge < -0.3 is 5.11 Å². The van der Waals surface area contributed by atoms with E-state index in [1.165, 1.54) is 5.56 Å². The molecule has 0 aliphatic heterocycles. The highest BCUT2D eigenvalue weighted by Crippen LogP contribution is 2.23. The molecule has 3 heteroatoms. The molecule has 1 atom stereocenters. The van der Waals surface area contributed by atoms with Crippen molar-refractivity contribution in [1.29, 1.82) is 0 Å². The smallest absolute Gasteiger partial charge is 0.310 e. The van der Waals surface area contributed by atoms with E-state index in [0.29, 0.717) is 0 Å². The highest BCUT2D eigenvalue weighted by atomic mass is 32.2. The van der Waals surface area contributed by atoms with E-state index in [-0.39, 0.29) is 5.92 Å².